The number of alkyl halides is 1. The van der Waals surface area contributed by atoms with Crippen LogP contribution in [0.25, 0.3) is 0 Å². The van der Waals surface area contributed by atoms with Gasteiger partial charge in [-0.15, -0.1) is 0 Å². The summed E-state index contributed by atoms with van der Waals surface area (Å²) < 4.78 is 40.4. The van der Waals surface area contributed by atoms with Crippen molar-refractivity contribution in [2.75, 3.05) is 19.8 Å². The van der Waals surface area contributed by atoms with Gasteiger partial charge in [0.05, 0.1) is 13.2 Å². The predicted octanol–water partition coefficient (Wildman–Crippen LogP) is -2.87. The quantitative estimate of drug-likeness (QED) is 0.257. The third-order valence-corrected chi connectivity index (χ3v) is 5.36. The Morgan fingerprint density at radius 2 is 1.41 bits per heavy atom. The molecule has 11 atom stereocenters. The maximum atomic E-state index is 13.6. The fraction of sp³-hybridized carbons (Fsp3) is 1.00. The molecule has 3 saturated heterocycles. The molecule has 3 heterocycles. The lowest BCUT2D eigenvalue weighted by Crippen LogP contribution is -2.64. The first-order valence-corrected chi connectivity index (χ1v) is 9.68. The van der Waals surface area contributed by atoms with E-state index in [1.165, 1.54) is 0 Å². The first kappa shape index (κ1) is 23.2. The van der Waals surface area contributed by atoms with E-state index in [9.17, 15) is 35.0 Å². The number of hydrogen-bond acceptors (Lipinski definition) is 11. The standard InChI is InChI=1S/C17H29FO11/c18-16-12(23)10(21)15(7(5-19)26-16)29-17-13(24)11(22)14(8(6-20)27-17)28-9-3-1-2-4-25-9/h7-17,19-24H,1-6H2/t7-,8-,9?,10-,11-,12-,13-,14-,15-,16+,17+/m1/s1. The van der Waals surface area contributed by atoms with Gasteiger partial charge in [-0.2, -0.15) is 0 Å². The molecule has 3 rings (SSSR count). The summed E-state index contributed by atoms with van der Waals surface area (Å²) in [5, 5.41) is 59.7. The first-order chi connectivity index (χ1) is 13.9. The van der Waals surface area contributed by atoms with Gasteiger partial charge in [-0.1, -0.05) is 0 Å². The minimum Gasteiger partial charge on any atom is -0.394 e. The Kier molecular flexibility index (Phi) is 8.14. The van der Waals surface area contributed by atoms with Gasteiger partial charge in [-0.3, -0.25) is 0 Å². The van der Waals surface area contributed by atoms with Crippen molar-refractivity contribution in [3.05, 3.63) is 0 Å². The smallest absolute Gasteiger partial charge is 0.228 e. The molecule has 11 nitrogen and oxygen atoms in total. The maximum Gasteiger partial charge on any atom is 0.228 e. The summed E-state index contributed by atoms with van der Waals surface area (Å²) in [6.45, 7) is -0.829. The lowest BCUT2D eigenvalue weighted by molar-refractivity contribution is -0.361. The van der Waals surface area contributed by atoms with Crippen LogP contribution in [-0.2, 0) is 23.7 Å². The van der Waals surface area contributed by atoms with Gasteiger partial charge in [-0.25, -0.2) is 4.39 Å². The van der Waals surface area contributed by atoms with Gasteiger partial charge in [-0.05, 0) is 19.3 Å². The molecule has 0 aliphatic carbocycles. The van der Waals surface area contributed by atoms with Crippen LogP contribution in [0.15, 0.2) is 0 Å². The lowest BCUT2D eigenvalue weighted by atomic mass is 9.97. The molecule has 1 unspecified atom stereocenters. The zero-order valence-electron chi connectivity index (χ0n) is 15.7. The van der Waals surface area contributed by atoms with Crippen molar-refractivity contribution >= 4 is 0 Å². The Morgan fingerprint density at radius 1 is 0.793 bits per heavy atom. The van der Waals surface area contributed by atoms with Crippen LogP contribution in [0.4, 0.5) is 4.39 Å². The average molecular weight is 428 g/mol. The summed E-state index contributed by atoms with van der Waals surface area (Å²) in [7, 11) is 0. The SMILES string of the molecule is OC[C@H]1O[C@H](F)[C@H](O)[C@@H](O)[C@@H]1O[C@@H]1O[C@H](CO)[C@@H](OC2CCCCO2)[C@H](O)[C@H]1O. The summed E-state index contributed by atoms with van der Waals surface area (Å²) in [6.07, 6.45) is -14.1. The zero-order chi connectivity index (χ0) is 21.1. The van der Waals surface area contributed by atoms with E-state index < -0.39 is 81.0 Å². The zero-order valence-corrected chi connectivity index (χ0v) is 15.7. The highest BCUT2D eigenvalue weighted by Gasteiger charge is 2.51. The molecule has 0 radical (unpaired) electrons. The van der Waals surface area contributed by atoms with E-state index in [0.29, 0.717) is 13.0 Å². The third kappa shape index (κ3) is 5.05. The molecule has 3 aliphatic heterocycles. The van der Waals surface area contributed by atoms with Crippen molar-refractivity contribution in [1.29, 1.82) is 0 Å². The minimum atomic E-state index is -2.23. The summed E-state index contributed by atoms with van der Waals surface area (Å²) in [5.41, 5.74) is 0. The molecular weight excluding hydrogens is 399 g/mol. The topological polar surface area (TPSA) is 168 Å². The molecule has 6 N–H and O–H groups in total. The number of aliphatic hydroxyl groups excluding tert-OH is 6. The summed E-state index contributed by atoms with van der Waals surface area (Å²) in [6, 6.07) is 0. The van der Waals surface area contributed by atoms with Gasteiger partial charge >= 0.3 is 0 Å². The second kappa shape index (κ2) is 10.2. The number of halogens is 1. The normalized spacial score (nSPS) is 49.1. The predicted molar refractivity (Wildman–Crippen MR) is 90.0 cm³/mol. The summed E-state index contributed by atoms with van der Waals surface area (Å²) >= 11 is 0. The fourth-order valence-electron chi connectivity index (χ4n) is 3.69. The molecular formula is C17H29FO11. The van der Waals surface area contributed by atoms with Crippen LogP contribution >= 0.6 is 0 Å². The molecule has 0 aromatic rings. The van der Waals surface area contributed by atoms with Crippen molar-refractivity contribution < 1.29 is 58.7 Å². The van der Waals surface area contributed by atoms with E-state index in [4.69, 9.17) is 23.7 Å². The molecule has 0 aromatic carbocycles. The Balaban J connectivity index is 1.67. The molecule has 0 amide bonds. The Hall–Kier alpha value is -0.510. The van der Waals surface area contributed by atoms with Crippen LogP contribution in [0, 0.1) is 0 Å². The van der Waals surface area contributed by atoms with Gasteiger partial charge in [0.1, 0.15) is 48.8 Å². The van der Waals surface area contributed by atoms with Crippen molar-refractivity contribution in [1.82, 2.24) is 0 Å². The van der Waals surface area contributed by atoms with Crippen molar-refractivity contribution in [2.45, 2.75) is 87.0 Å². The van der Waals surface area contributed by atoms with Gasteiger partial charge in [0.25, 0.3) is 0 Å². The van der Waals surface area contributed by atoms with Crippen molar-refractivity contribution in [3.8, 4) is 0 Å². The number of aliphatic hydroxyl groups is 6. The van der Waals surface area contributed by atoms with E-state index >= 15 is 0 Å². The highest BCUT2D eigenvalue weighted by Crippen LogP contribution is 2.31. The Morgan fingerprint density at radius 3 is 2.03 bits per heavy atom. The van der Waals surface area contributed by atoms with Gasteiger partial charge in [0.15, 0.2) is 12.6 Å². The first-order valence-electron chi connectivity index (χ1n) is 9.68. The van der Waals surface area contributed by atoms with Crippen LogP contribution in [0.2, 0.25) is 0 Å². The van der Waals surface area contributed by atoms with Crippen LogP contribution in [0.5, 0.6) is 0 Å². The molecule has 0 spiro atoms. The Labute approximate surface area is 166 Å². The molecule has 29 heavy (non-hydrogen) atoms. The second-order valence-electron chi connectivity index (χ2n) is 7.39. The second-order valence-corrected chi connectivity index (χ2v) is 7.39. The van der Waals surface area contributed by atoms with Gasteiger partial charge in [0.2, 0.25) is 6.36 Å². The highest BCUT2D eigenvalue weighted by atomic mass is 19.1. The van der Waals surface area contributed by atoms with Crippen LogP contribution < -0.4 is 0 Å². The number of rotatable bonds is 6. The van der Waals surface area contributed by atoms with Crippen molar-refractivity contribution in [3.63, 3.8) is 0 Å². The fourth-order valence-corrected chi connectivity index (χ4v) is 3.69. The summed E-state index contributed by atoms with van der Waals surface area (Å²) in [4.78, 5) is 0. The van der Waals surface area contributed by atoms with Crippen LogP contribution in [0.3, 0.4) is 0 Å². The van der Waals surface area contributed by atoms with Crippen molar-refractivity contribution in [2.24, 2.45) is 0 Å². The molecule has 0 aromatic heterocycles. The number of hydrogen-bond donors (Lipinski definition) is 6. The number of ether oxygens (including phenoxy) is 5. The minimum absolute atomic E-state index is 0.492. The molecule has 3 aliphatic rings. The molecule has 0 bridgehead atoms. The van der Waals surface area contributed by atoms with Crippen LogP contribution in [-0.4, -0.2) is 118 Å². The van der Waals surface area contributed by atoms with E-state index in [2.05, 4.69) is 0 Å². The van der Waals surface area contributed by atoms with Crippen LogP contribution in [0.1, 0.15) is 19.3 Å². The van der Waals surface area contributed by atoms with E-state index in [0.717, 1.165) is 12.8 Å². The van der Waals surface area contributed by atoms with Gasteiger partial charge in [0, 0.05) is 6.61 Å². The van der Waals surface area contributed by atoms with E-state index in [-0.39, 0.29) is 0 Å². The molecule has 0 saturated carbocycles. The van der Waals surface area contributed by atoms with E-state index in [1.807, 2.05) is 0 Å². The highest BCUT2D eigenvalue weighted by molar-refractivity contribution is 4.94. The monoisotopic (exact) mass is 428 g/mol. The molecule has 170 valence electrons. The largest absolute Gasteiger partial charge is 0.394 e. The lowest BCUT2D eigenvalue weighted by Gasteiger charge is -2.46. The Bertz CT molecular complexity index is 504. The molecule has 12 heteroatoms. The summed E-state index contributed by atoms with van der Waals surface area (Å²) in [5.74, 6) is 0. The third-order valence-electron chi connectivity index (χ3n) is 5.36. The average Bonchev–Trinajstić information content (AvgIpc) is 2.73. The maximum absolute atomic E-state index is 13.6. The van der Waals surface area contributed by atoms with Gasteiger partial charge < -0.3 is 54.3 Å². The molecule has 3 fully saturated rings. The van der Waals surface area contributed by atoms with E-state index in [1.54, 1.807) is 0 Å².